The van der Waals surface area contributed by atoms with Crippen LogP contribution in [0, 0.1) is 5.92 Å². The molecule has 2 atom stereocenters. The zero-order valence-corrected chi connectivity index (χ0v) is 13.8. The van der Waals surface area contributed by atoms with Gasteiger partial charge in [0.2, 0.25) is 5.91 Å². The zero-order valence-electron chi connectivity index (χ0n) is 13.0. The fourth-order valence-corrected chi connectivity index (χ4v) is 2.94. The molecule has 0 bridgehead atoms. The van der Waals surface area contributed by atoms with Gasteiger partial charge in [-0.25, -0.2) is 0 Å². The molecule has 1 aromatic carbocycles. The molecule has 0 aromatic heterocycles. The third-order valence-electron chi connectivity index (χ3n) is 4.23. The number of piperidine rings is 1. The molecule has 1 aliphatic heterocycles. The molecule has 1 heterocycles. The molecule has 2 N–H and O–H groups in total. The molecule has 0 aliphatic carbocycles. The van der Waals surface area contributed by atoms with Gasteiger partial charge in [-0.05, 0) is 18.8 Å². The Balaban J connectivity index is 0.00000242. The Morgan fingerprint density at radius 1 is 1.23 bits per heavy atom. The number of nitrogens with two attached hydrogens (primary N) is 1. The summed E-state index contributed by atoms with van der Waals surface area (Å²) in [7, 11) is 0. The average Bonchev–Trinajstić information content (AvgIpc) is 2.52. The molecule has 1 aliphatic rings. The van der Waals surface area contributed by atoms with Crippen molar-refractivity contribution in [2.24, 2.45) is 11.7 Å². The Morgan fingerprint density at radius 3 is 2.55 bits per heavy atom. The molecule has 1 saturated heterocycles. The maximum absolute atomic E-state index is 12.3. The summed E-state index contributed by atoms with van der Waals surface area (Å²) in [5.41, 5.74) is 6.45. The van der Waals surface area contributed by atoms with Gasteiger partial charge in [-0.15, -0.1) is 12.4 Å². The van der Waals surface area contributed by atoms with Crippen molar-refractivity contribution in [3.63, 3.8) is 0 Å². The molecule has 0 spiro atoms. The van der Waals surface area contributed by atoms with Crippen LogP contribution in [0.3, 0.4) is 0 Å². The number of hydrogen-bond donors (Lipinski definition) is 1. The highest BCUT2D eigenvalue weighted by molar-refractivity contribution is 5.97. The number of Topliss-reactive ketones (excluding diaryl/α,β-unsaturated/α-hetero) is 1. The topological polar surface area (TPSA) is 63.4 Å². The third kappa shape index (κ3) is 4.82. The van der Waals surface area contributed by atoms with Crippen molar-refractivity contribution in [1.29, 1.82) is 0 Å². The van der Waals surface area contributed by atoms with Crippen LogP contribution in [0.15, 0.2) is 30.3 Å². The fraction of sp³-hybridized carbons (Fsp3) is 0.529. The first kappa shape index (κ1) is 18.7. The average molecular weight is 325 g/mol. The first-order valence-corrected chi connectivity index (χ1v) is 7.69. The minimum atomic E-state index is 0. The summed E-state index contributed by atoms with van der Waals surface area (Å²) >= 11 is 0. The van der Waals surface area contributed by atoms with Gasteiger partial charge in [-0.3, -0.25) is 9.59 Å². The lowest BCUT2D eigenvalue weighted by Crippen LogP contribution is -2.49. The molecular formula is C17H25ClN2O2. The van der Waals surface area contributed by atoms with E-state index in [9.17, 15) is 9.59 Å². The number of hydrogen-bond acceptors (Lipinski definition) is 3. The van der Waals surface area contributed by atoms with Crippen LogP contribution in [0.1, 0.15) is 43.0 Å². The first-order valence-electron chi connectivity index (χ1n) is 7.69. The lowest BCUT2D eigenvalue weighted by atomic mass is 9.92. The van der Waals surface area contributed by atoms with Gasteiger partial charge in [0.1, 0.15) is 0 Å². The molecular weight excluding hydrogens is 300 g/mol. The largest absolute Gasteiger partial charge is 0.338 e. The van der Waals surface area contributed by atoms with Crippen LogP contribution in [0.5, 0.6) is 0 Å². The summed E-state index contributed by atoms with van der Waals surface area (Å²) in [6, 6.07) is 9.27. The normalized spacial score (nSPS) is 21.1. The van der Waals surface area contributed by atoms with Crippen LogP contribution < -0.4 is 5.73 Å². The number of likely N-dealkylation sites (tertiary alicyclic amines) is 1. The summed E-state index contributed by atoms with van der Waals surface area (Å²) in [6.07, 6.45) is 2.54. The highest BCUT2D eigenvalue weighted by Crippen LogP contribution is 2.23. The van der Waals surface area contributed by atoms with Crippen LogP contribution in [-0.4, -0.2) is 35.7 Å². The quantitative estimate of drug-likeness (QED) is 0.847. The number of amides is 1. The Morgan fingerprint density at radius 2 is 1.91 bits per heavy atom. The number of carbonyl (C=O) groups is 2. The summed E-state index contributed by atoms with van der Waals surface area (Å²) in [5.74, 6) is 0.703. The van der Waals surface area contributed by atoms with Gasteiger partial charge in [-0.2, -0.15) is 0 Å². The Labute approximate surface area is 138 Å². The zero-order chi connectivity index (χ0) is 15.2. The summed E-state index contributed by atoms with van der Waals surface area (Å²) < 4.78 is 0. The molecule has 122 valence electrons. The van der Waals surface area contributed by atoms with Crippen molar-refractivity contribution in [3.8, 4) is 0 Å². The second-order valence-electron chi connectivity index (χ2n) is 5.90. The Bertz CT molecular complexity index is 493. The summed E-state index contributed by atoms with van der Waals surface area (Å²) in [5, 5.41) is 0. The van der Waals surface area contributed by atoms with Gasteiger partial charge < -0.3 is 10.6 Å². The van der Waals surface area contributed by atoms with Crippen LogP contribution in [-0.2, 0) is 4.79 Å². The molecule has 1 amide bonds. The molecule has 5 heteroatoms. The minimum Gasteiger partial charge on any atom is -0.338 e. The van der Waals surface area contributed by atoms with E-state index in [1.54, 1.807) is 12.1 Å². The third-order valence-corrected chi connectivity index (χ3v) is 4.23. The second-order valence-corrected chi connectivity index (χ2v) is 5.90. The lowest BCUT2D eigenvalue weighted by Gasteiger charge is -2.38. The van der Waals surface area contributed by atoms with E-state index in [0.717, 1.165) is 19.4 Å². The van der Waals surface area contributed by atoms with Crippen LogP contribution in [0.2, 0.25) is 0 Å². The molecule has 2 rings (SSSR count). The SMILES string of the molecule is CC1CCN(C(=O)CCC(=O)c2ccccc2)C(CN)C1.Cl. The molecule has 22 heavy (non-hydrogen) atoms. The monoisotopic (exact) mass is 324 g/mol. The van der Waals surface area contributed by atoms with E-state index in [0.29, 0.717) is 18.0 Å². The number of rotatable bonds is 5. The van der Waals surface area contributed by atoms with Crippen molar-refractivity contribution < 1.29 is 9.59 Å². The smallest absolute Gasteiger partial charge is 0.223 e. The van der Waals surface area contributed by atoms with Crippen molar-refractivity contribution in [2.45, 2.75) is 38.6 Å². The van der Waals surface area contributed by atoms with E-state index >= 15 is 0 Å². The van der Waals surface area contributed by atoms with E-state index in [1.165, 1.54) is 0 Å². The number of benzene rings is 1. The van der Waals surface area contributed by atoms with E-state index < -0.39 is 0 Å². The van der Waals surface area contributed by atoms with Crippen LogP contribution >= 0.6 is 12.4 Å². The maximum Gasteiger partial charge on any atom is 0.223 e. The standard InChI is InChI=1S/C17H24N2O2.ClH/c1-13-9-10-19(15(11-13)12-18)17(21)8-7-16(20)14-5-3-2-4-6-14;/h2-6,13,15H,7-12,18H2,1H3;1H. The van der Waals surface area contributed by atoms with Crippen molar-refractivity contribution in [2.75, 3.05) is 13.1 Å². The van der Waals surface area contributed by atoms with E-state index in [2.05, 4.69) is 6.92 Å². The summed E-state index contributed by atoms with van der Waals surface area (Å²) in [6.45, 7) is 3.47. The fourth-order valence-electron chi connectivity index (χ4n) is 2.94. The number of halogens is 1. The molecule has 1 fully saturated rings. The van der Waals surface area contributed by atoms with Gasteiger partial charge in [-0.1, -0.05) is 37.3 Å². The van der Waals surface area contributed by atoms with Gasteiger partial charge in [0, 0.05) is 37.5 Å². The highest BCUT2D eigenvalue weighted by atomic mass is 35.5. The maximum atomic E-state index is 12.3. The van der Waals surface area contributed by atoms with Gasteiger partial charge in [0.05, 0.1) is 0 Å². The van der Waals surface area contributed by atoms with E-state index in [-0.39, 0.29) is 43.0 Å². The second kappa shape index (κ2) is 8.91. The van der Waals surface area contributed by atoms with Crippen molar-refractivity contribution in [1.82, 2.24) is 4.90 Å². The molecule has 0 radical (unpaired) electrons. The van der Waals surface area contributed by atoms with Crippen LogP contribution in [0.4, 0.5) is 0 Å². The van der Waals surface area contributed by atoms with Crippen LogP contribution in [0.25, 0.3) is 0 Å². The van der Waals surface area contributed by atoms with Gasteiger partial charge in [0.15, 0.2) is 5.78 Å². The molecule has 1 aromatic rings. The highest BCUT2D eigenvalue weighted by Gasteiger charge is 2.28. The minimum absolute atomic E-state index is 0. The molecule has 4 nitrogen and oxygen atoms in total. The molecule has 0 saturated carbocycles. The number of ketones is 1. The predicted octanol–water partition coefficient (Wildman–Crippen LogP) is 2.66. The lowest BCUT2D eigenvalue weighted by molar-refractivity contribution is -0.135. The van der Waals surface area contributed by atoms with Gasteiger partial charge in [0.25, 0.3) is 0 Å². The number of nitrogens with zero attached hydrogens (tertiary/aromatic N) is 1. The number of carbonyl (C=O) groups excluding carboxylic acids is 2. The Kier molecular flexibility index (Phi) is 7.56. The summed E-state index contributed by atoms with van der Waals surface area (Å²) in [4.78, 5) is 26.2. The first-order chi connectivity index (χ1) is 10.1. The molecule has 2 unspecified atom stereocenters. The van der Waals surface area contributed by atoms with E-state index in [1.807, 2.05) is 23.1 Å². The predicted molar refractivity (Wildman–Crippen MR) is 90.2 cm³/mol. The van der Waals surface area contributed by atoms with Crippen molar-refractivity contribution >= 4 is 24.1 Å². The van der Waals surface area contributed by atoms with Crippen molar-refractivity contribution in [3.05, 3.63) is 35.9 Å². The van der Waals surface area contributed by atoms with Gasteiger partial charge >= 0.3 is 0 Å². The Hall–Kier alpha value is -1.39. The van der Waals surface area contributed by atoms with E-state index in [4.69, 9.17) is 5.73 Å².